The Hall–Kier alpha value is -0.570. The number of hydrogen-bond acceptors (Lipinski definition) is 2. The lowest BCUT2D eigenvalue weighted by Crippen LogP contribution is -2.36. The Labute approximate surface area is 73.9 Å². The molecule has 0 radical (unpaired) electrons. The van der Waals surface area contributed by atoms with Gasteiger partial charge in [-0.25, -0.2) is 0 Å². The molecule has 1 fully saturated rings. The van der Waals surface area contributed by atoms with Crippen molar-refractivity contribution in [3.05, 3.63) is 0 Å². The number of carbonyl (C=O) groups excluding carboxylic acids is 1. The van der Waals surface area contributed by atoms with Gasteiger partial charge in [0.15, 0.2) is 0 Å². The lowest BCUT2D eigenvalue weighted by Gasteiger charge is -2.10. The molecule has 3 nitrogen and oxygen atoms in total. The van der Waals surface area contributed by atoms with Crippen LogP contribution in [-0.2, 0) is 4.79 Å². The molecule has 0 saturated carbocycles. The first kappa shape index (κ1) is 9.52. The van der Waals surface area contributed by atoms with Crippen LogP contribution < -0.4 is 10.6 Å². The Bertz CT molecular complexity index is 141. The zero-order valence-electron chi connectivity index (χ0n) is 7.73. The van der Waals surface area contributed by atoms with Crippen LogP contribution in [0.5, 0.6) is 0 Å². The first-order valence-corrected chi connectivity index (χ1v) is 4.83. The zero-order valence-corrected chi connectivity index (χ0v) is 7.73. The molecule has 1 saturated heterocycles. The van der Waals surface area contributed by atoms with E-state index in [0.717, 1.165) is 19.5 Å². The van der Waals surface area contributed by atoms with Crippen molar-refractivity contribution in [1.29, 1.82) is 0 Å². The van der Waals surface area contributed by atoms with Gasteiger partial charge in [0, 0.05) is 19.0 Å². The number of rotatable bonds is 4. The average molecular weight is 170 g/mol. The summed E-state index contributed by atoms with van der Waals surface area (Å²) in [5, 5.41) is 6.26. The van der Waals surface area contributed by atoms with Crippen molar-refractivity contribution < 1.29 is 4.79 Å². The fourth-order valence-electron chi connectivity index (χ4n) is 1.48. The molecule has 0 aliphatic carbocycles. The van der Waals surface area contributed by atoms with Crippen LogP contribution in [0.25, 0.3) is 0 Å². The van der Waals surface area contributed by atoms with Crippen molar-refractivity contribution in [2.45, 2.75) is 38.6 Å². The molecule has 0 bridgehead atoms. The summed E-state index contributed by atoms with van der Waals surface area (Å²) < 4.78 is 0. The molecule has 70 valence electrons. The highest BCUT2D eigenvalue weighted by Crippen LogP contribution is 2.03. The van der Waals surface area contributed by atoms with E-state index in [-0.39, 0.29) is 5.91 Å². The molecule has 0 aromatic rings. The maximum Gasteiger partial charge on any atom is 0.220 e. The Balaban J connectivity index is 2.03. The monoisotopic (exact) mass is 170 g/mol. The summed E-state index contributed by atoms with van der Waals surface area (Å²) in [5.41, 5.74) is 0. The Morgan fingerprint density at radius 3 is 3.08 bits per heavy atom. The van der Waals surface area contributed by atoms with Gasteiger partial charge in [-0.2, -0.15) is 0 Å². The van der Waals surface area contributed by atoms with Crippen LogP contribution in [0, 0.1) is 0 Å². The van der Waals surface area contributed by atoms with Crippen molar-refractivity contribution in [3.8, 4) is 0 Å². The molecule has 1 aliphatic heterocycles. The average Bonchev–Trinajstić information content (AvgIpc) is 2.53. The van der Waals surface area contributed by atoms with Gasteiger partial charge in [-0.15, -0.1) is 0 Å². The van der Waals surface area contributed by atoms with E-state index >= 15 is 0 Å². The molecule has 1 heterocycles. The van der Waals surface area contributed by atoms with Crippen molar-refractivity contribution in [2.24, 2.45) is 0 Å². The standard InChI is InChI=1S/C9H18N2O/c1-2-4-9(12)11-7-8-5-3-6-10-8/h8,10H,2-7H2,1H3,(H,11,12). The maximum atomic E-state index is 11.1. The third-order valence-electron chi connectivity index (χ3n) is 2.19. The van der Waals surface area contributed by atoms with Gasteiger partial charge in [-0.05, 0) is 25.8 Å². The smallest absolute Gasteiger partial charge is 0.220 e. The quantitative estimate of drug-likeness (QED) is 0.650. The largest absolute Gasteiger partial charge is 0.355 e. The summed E-state index contributed by atoms with van der Waals surface area (Å²) in [6.45, 7) is 3.93. The Morgan fingerprint density at radius 2 is 2.50 bits per heavy atom. The van der Waals surface area contributed by atoms with Gasteiger partial charge < -0.3 is 10.6 Å². The first-order valence-electron chi connectivity index (χ1n) is 4.83. The third-order valence-corrected chi connectivity index (χ3v) is 2.19. The number of carbonyl (C=O) groups is 1. The minimum atomic E-state index is 0.186. The van der Waals surface area contributed by atoms with Crippen LogP contribution in [0.3, 0.4) is 0 Å². The normalized spacial score (nSPS) is 22.6. The highest BCUT2D eigenvalue weighted by molar-refractivity contribution is 5.75. The van der Waals surface area contributed by atoms with E-state index in [2.05, 4.69) is 10.6 Å². The lowest BCUT2D eigenvalue weighted by molar-refractivity contribution is -0.121. The van der Waals surface area contributed by atoms with E-state index < -0.39 is 0 Å². The molecule has 0 spiro atoms. The molecule has 1 atom stereocenters. The highest BCUT2D eigenvalue weighted by atomic mass is 16.1. The predicted octanol–water partition coefficient (Wildman–Crippen LogP) is 0.655. The molecule has 1 unspecified atom stereocenters. The van der Waals surface area contributed by atoms with E-state index in [1.54, 1.807) is 0 Å². The van der Waals surface area contributed by atoms with Gasteiger partial charge >= 0.3 is 0 Å². The summed E-state index contributed by atoms with van der Waals surface area (Å²) in [6.07, 6.45) is 4.04. The van der Waals surface area contributed by atoms with Crippen molar-refractivity contribution in [1.82, 2.24) is 10.6 Å². The maximum absolute atomic E-state index is 11.1. The number of hydrogen-bond donors (Lipinski definition) is 2. The number of nitrogens with one attached hydrogen (secondary N) is 2. The van der Waals surface area contributed by atoms with Gasteiger partial charge in [0.1, 0.15) is 0 Å². The van der Waals surface area contributed by atoms with Gasteiger partial charge in [0.25, 0.3) is 0 Å². The lowest BCUT2D eigenvalue weighted by atomic mass is 10.2. The molecule has 0 aromatic carbocycles. The Morgan fingerprint density at radius 1 is 1.67 bits per heavy atom. The van der Waals surface area contributed by atoms with E-state index in [9.17, 15) is 4.79 Å². The second-order valence-electron chi connectivity index (χ2n) is 3.35. The summed E-state index contributed by atoms with van der Waals surface area (Å²) in [6, 6.07) is 0.519. The van der Waals surface area contributed by atoms with Crippen LogP contribution in [0.15, 0.2) is 0 Å². The van der Waals surface area contributed by atoms with Gasteiger partial charge in [0.05, 0.1) is 0 Å². The molecule has 1 amide bonds. The van der Waals surface area contributed by atoms with E-state index in [4.69, 9.17) is 0 Å². The summed E-state index contributed by atoms with van der Waals surface area (Å²) in [4.78, 5) is 11.1. The van der Waals surface area contributed by atoms with E-state index in [1.807, 2.05) is 6.92 Å². The predicted molar refractivity (Wildman–Crippen MR) is 48.9 cm³/mol. The van der Waals surface area contributed by atoms with E-state index in [1.165, 1.54) is 12.8 Å². The van der Waals surface area contributed by atoms with Gasteiger partial charge in [0.2, 0.25) is 5.91 Å². The van der Waals surface area contributed by atoms with Gasteiger partial charge in [-0.3, -0.25) is 4.79 Å². The van der Waals surface area contributed by atoms with Crippen molar-refractivity contribution in [2.75, 3.05) is 13.1 Å². The minimum Gasteiger partial charge on any atom is -0.355 e. The molecule has 12 heavy (non-hydrogen) atoms. The topological polar surface area (TPSA) is 41.1 Å². The zero-order chi connectivity index (χ0) is 8.81. The Kier molecular flexibility index (Phi) is 4.08. The van der Waals surface area contributed by atoms with Crippen LogP contribution in [-0.4, -0.2) is 25.0 Å². The van der Waals surface area contributed by atoms with Gasteiger partial charge in [-0.1, -0.05) is 6.92 Å². The molecule has 3 heteroatoms. The highest BCUT2D eigenvalue weighted by Gasteiger charge is 2.13. The summed E-state index contributed by atoms with van der Waals surface area (Å²) in [7, 11) is 0. The third kappa shape index (κ3) is 3.22. The van der Waals surface area contributed by atoms with Crippen LogP contribution >= 0.6 is 0 Å². The van der Waals surface area contributed by atoms with Crippen molar-refractivity contribution in [3.63, 3.8) is 0 Å². The molecule has 2 N–H and O–H groups in total. The van der Waals surface area contributed by atoms with Crippen LogP contribution in [0.4, 0.5) is 0 Å². The minimum absolute atomic E-state index is 0.186. The van der Waals surface area contributed by atoms with Crippen molar-refractivity contribution >= 4 is 5.91 Å². The van der Waals surface area contributed by atoms with Crippen LogP contribution in [0.2, 0.25) is 0 Å². The molecular formula is C9H18N2O. The molecule has 0 aromatic heterocycles. The fraction of sp³-hybridized carbons (Fsp3) is 0.889. The van der Waals surface area contributed by atoms with Crippen LogP contribution in [0.1, 0.15) is 32.6 Å². The fourth-order valence-corrected chi connectivity index (χ4v) is 1.48. The summed E-state index contributed by atoms with van der Waals surface area (Å²) >= 11 is 0. The first-order chi connectivity index (χ1) is 5.83. The second kappa shape index (κ2) is 5.14. The number of amides is 1. The second-order valence-corrected chi connectivity index (χ2v) is 3.35. The SMILES string of the molecule is CCCC(=O)NCC1CCCN1. The summed E-state index contributed by atoms with van der Waals surface area (Å²) in [5.74, 6) is 0.186. The molecule has 1 aliphatic rings. The molecule has 1 rings (SSSR count). The van der Waals surface area contributed by atoms with E-state index in [0.29, 0.717) is 12.5 Å². The molecular weight excluding hydrogens is 152 g/mol.